The van der Waals surface area contributed by atoms with Crippen LogP contribution >= 0.6 is 0 Å². The summed E-state index contributed by atoms with van der Waals surface area (Å²) in [4.78, 5) is 7.11. The molecule has 1 aliphatic rings. The third-order valence-electron chi connectivity index (χ3n) is 4.71. The van der Waals surface area contributed by atoms with Gasteiger partial charge in [0.05, 0.1) is 11.7 Å². The minimum atomic E-state index is 0.156. The van der Waals surface area contributed by atoms with Crippen LogP contribution in [-0.2, 0) is 0 Å². The molecule has 2 heterocycles. The second kappa shape index (κ2) is 6.23. The quantitative estimate of drug-likeness (QED) is 0.917. The van der Waals surface area contributed by atoms with E-state index in [2.05, 4.69) is 49.7 Å². The molecule has 2 rings (SSSR count). The van der Waals surface area contributed by atoms with Crippen LogP contribution in [0.4, 0.5) is 0 Å². The average molecular weight is 275 g/mol. The largest absolute Gasteiger partial charge is 0.326 e. The lowest BCUT2D eigenvalue weighted by Crippen LogP contribution is -2.40. The maximum Gasteiger partial charge on any atom is 0.0673 e. The van der Waals surface area contributed by atoms with Crippen molar-refractivity contribution < 1.29 is 0 Å². The minimum absolute atomic E-state index is 0.156. The molecule has 112 valence electrons. The predicted octanol–water partition coefficient (Wildman–Crippen LogP) is 3.23. The zero-order valence-corrected chi connectivity index (χ0v) is 13.3. The molecule has 3 unspecified atom stereocenters. The first-order valence-corrected chi connectivity index (χ1v) is 7.84. The van der Waals surface area contributed by atoms with Crippen molar-refractivity contribution in [3.05, 3.63) is 30.1 Å². The van der Waals surface area contributed by atoms with Crippen LogP contribution < -0.4 is 5.73 Å². The SMILES string of the molecule is CCC(N)C(c1ccccn1)N1CCC(C(C)(C)C)C1. The number of nitrogens with two attached hydrogens (primary N) is 1. The van der Waals surface area contributed by atoms with Crippen molar-refractivity contribution in [2.75, 3.05) is 13.1 Å². The molecule has 20 heavy (non-hydrogen) atoms. The zero-order valence-electron chi connectivity index (χ0n) is 13.3. The van der Waals surface area contributed by atoms with E-state index in [0.29, 0.717) is 5.41 Å². The molecular formula is C17H29N3. The molecule has 0 saturated carbocycles. The lowest BCUT2D eigenvalue weighted by Gasteiger charge is -2.33. The maximum absolute atomic E-state index is 6.40. The van der Waals surface area contributed by atoms with Gasteiger partial charge in [0.1, 0.15) is 0 Å². The summed E-state index contributed by atoms with van der Waals surface area (Å²) in [6.07, 6.45) is 4.13. The van der Waals surface area contributed by atoms with Gasteiger partial charge in [-0.1, -0.05) is 33.8 Å². The Morgan fingerprint density at radius 3 is 2.65 bits per heavy atom. The van der Waals surface area contributed by atoms with E-state index in [1.807, 2.05) is 12.3 Å². The van der Waals surface area contributed by atoms with Crippen molar-refractivity contribution in [3.63, 3.8) is 0 Å². The molecule has 1 saturated heterocycles. The molecule has 1 fully saturated rings. The lowest BCUT2D eigenvalue weighted by atomic mass is 9.80. The Morgan fingerprint density at radius 1 is 1.40 bits per heavy atom. The van der Waals surface area contributed by atoms with E-state index >= 15 is 0 Å². The van der Waals surface area contributed by atoms with Gasteiger partial charge in [0.25, 0.3) is 0 Å². The standard InChI is InChI=1S/C17H29N3/c1-5-14(18)16(15-8-6-7-10-19-15)20-11-9-13(12-20)17(2,3)4/h6-8,10,13-14,16H,5,9,11-12,18H2,1-4H3. The fraction of sp³-hybridized carbons (Fsp3) is 0.706. The van der Waals surface area contributed by atoms with Crippen LogP contribution in [0.1, 0.15) is 52.3 Å². The second-order valence-corrected chi connectivity index (χ2v) is 7.12. The zero-order chi connectivity index (χ0) is 14.8. The van der Waals surface area contributed by atoms with Crippen molar-refractivity contribution >= 4 is 0 Å². The molecular weight excluding hydrogens is 246 g/mol. The van der Waals surface area contributed by atoms with Crippen molar-refractivity contribution in [2.45, 2.75) is 52.6 Å². The van der Waals surface area contributed by atoms with Crippen LogP contribution in [0, 0.1) is 11.3 Å². The van der Waals surface area contributed by atoms with Crippen LogP contribution in [-0.4, -0.2) is 29.0 Å². The van der Waals surface area contributed by atoms with Crippen LogP contribution in [0.5, 0.6) is 0 Å². The Bertz CT molecular complexity index is 410. The van der Waals surface area contributed by atoms with Gasteiger partial charge in [-0.15, -0.1) is 0 Å². The first-order valence-electron chi connectivity index (χ1n) is 7.84. The van der Waals surface area contributed by atoms with Gasteiger partial charge in [0.15, 0.2) is 0 Å². The number of likely N-dealkylation sites (tertiary alicyclic amines) is 1. The summed E-state index contributed by atoms with van der Waals surface area (Å²) in [6, 6.07) is 6.57. The Balaban J connectivity index is 2.17. The number of rotatable bonds is 4. The number of nitrogens with zero attached hydrogens (tertiary/aromatic N) is 2. The minimum Gasteiger partial charge on any atom is -0.326 e. The molecule has 3 nitrogen and oxygen atoms in total. The van der Waals surface area contributed by atoms with Crippen molar-refractivity contribution in [2.24, 2.45) is 17.1 Å². The monoisotopic (exact) mass is 275 g/mol. The molecule has 1 aliphatic heterocycles. The van der Waals surface area contributed by atoms with E-state index in [1.165, 1.54) is 6.42 Å². The highest BCUT2D eigenvalue weighted by Crippen LogP contribution is 2.37. The normalized spacial score (nSPS) is 23.8. The maximum atomic E-state index is 6.40. The first kappa shape index (κ1) is 15.5. The summed E-state index contributed by atoms with van der Waals surface area (Å²) in [5.41, 5.74) is 7.90. The molecule has 2 N–H and O–H groups in total. The van der Waals surface area contributed by atoms with Crippen molar-refractivity contribution in [3.8, 4) is 0 Å². The predicted molar refractivity (Wildman–Crippen MR) is 84.4 cm³/mol. The fourth-order valence-corrected chi connectivity index (χ4v) is 3.20. The molecule has 3 atom stereocenters. The van der Waals surface area contributed by atoms with Gasteiger partial charge >= 0.3 is 0 Å². The van der Waals surface area contributed by atoms with E-state index in [0.717, 1.165) is 31.1 Å². The Hall–Kier alpha value is -0.930. The molecule has 0 amide bonds. The van der Waals surface area contributed by atoms with Gasteiger partial charge in [-0.2, -0.15) is 0 Å². The van der Waals surface area contributed by atoms with Crippen LogP contribution in [0.15, 0.2) is 24.4 Å². The molecule has 0 spiro atoms. The van der Waals surface area contributed by atoms with E-state index in [-0.39, 0.29) is 12.1 Å². The molecule has 1 aromatic heterocycles. The van der Waals surface area contributed by atoms with E-state index in [9.17, 15) is 0 Å². The summed E-state index contributed by atoms with van der Waals surface area (Å²) in [5.74, 6) is 0.748. The van der Waals surface area contributed by atoms with E-state index in [1.54, 1.807) is 0 Å². The lowest BCUT2D eigenvalue weighted by molar-refractivity contribution is 0.172. The number of aromatic nitrogens is 1. The molecule has 1 aromatic rings. The van der Waals surface area contributed by atoms with E-state index < -0.39 is 0 Å². The Morgan fingerprint density at radius 2 is 2.15 bits per heavy atom. The third-order valence-corrected chi connectivity index (χ3v) is 4.71. The van der Waals surface area contributed by atoms with Crippen LogP contribution in [0.3, 0.4) is 0 Å². The second-order valence-electron chi connectivity index (χ2n) is 7.12. The molecule has 0 aliphatic carbocycles. The van der Waals surface area contributed by atoms with Gasteiger partial charge in [0.2, 0.25) is 0 Å². The highest BCUT2D eigenvalue weighted by atomic mass is 15.2. The molecule has 3 heteroatoms. The smallest absolute Gasteiger partial charge is 0.0673 e. The fourth-order valence-electron chi connectivity index (χ4n) is 3.20. The summed E-state index contributed by atoms with van der Waals surface area (Å²) in [5, 5.41) is 0. The molecule has 0 bridgehead atoms. The highest BCUT2D eigenvalue weighted by Gasteiger charge is 2.37. The van der Waals surface area contributed by atoms with Gasteiger partial charge in [-0.3, -0.25) is 9.88 Å². The van der Waals surface area contributed by atoms with Gasteiger partial charge < -0.3 is 5.73 Å². The Kier molecular flexibility index (Phi) is 4.82. The third kappa shape index (κ3) is 3.39. The van der Waals surface area contributed by atoms with Crippen LogP contribution in [0.2, 0.25) is 0 Å². The summed E-state index contributed by atoms with van der Waals surface area (Å²) in [6.45, 7) is 11.5. The number of hydrogen-bond acceptors (Lipinski definition) is 3. The summed E-state index contributed by atoms with van der Waals surface area (Å²) in [7, 11) is 0. The number of pyridine rings is 1. The summed E-state index contributed by atoms with van der Waals surface area (Å²) >= 11 is 0. The molecule has 0 aromatic carbocycles. The van der Waals surface area contributed by atoms with Crippen molar-refractivity contribution in [1.29, 1.82) is 0 Å². The van der Waals surface area contributed by atoms with Gasteiger partial charge in [-0.05, 0) is 42.9 Å². The Labute approximate surface area is 123 Å². The van der Waals surface area contributed by atoms with Crippen LogP contribution in [0.25, 0.3) is 0 Å². The van der Waals surface area contributed by atoms with Gasteiger partial charge in [-0.25, -0.2) is 0 Å². The highest BCUT2D eigenvalue weighted by molar-refractivity contribution is 5.12. The van der Waals surface area contributed by atoms with Gasteiger partial charge in [0, 0.05) is 18.8 Å². The topological polar surface area (TPSA) is 42.1 Å². The summed E-state index contributed by atoms with van der Waals surface area (Å²) < 4.78 is 0. The van der Waals surface area contributed by atoms with Crippen molar-refractivity contribution in [1.82, 2.24) is 9.88 Å². The number of hydrogen-bond donors (Lipinski definition) is 1. The first-order chi connectivity index (χ1) is 9.43. The van der Waals surface area contributed by atoms with E-state index in [4.69, 9.17) is 5.73 Å². The average Bonchev–Trinajstić information content (AvgIpc) is 2.89. The molecule has 0 radical (unpaired) electrons.